The highest BCUT2D eigenvalue weighted by Gasteiger charge is 2.38. The summed E-state index contributed by atoms with van der Waals surface area (Å²) in [5.74, 6) is 0.502. The molecule has 0 radical (unpaired) electrons. The molecule has 1 aliphatic carbocycles. The van der Waals surface area contributed by atoms with Crippen molar-refractivity contribution in [1.29, 1.82) is 0 Å². The maximum Gasteiger partial charge on any atom is 0.227 e. The number of primary amides is 1. The van der Waals surface area contributed by atoms with Crippen LogP contribution in [0.15, 0.2) is 24.3 Å². The highest BCUT2D eigenvalue weighted by molar-refractivity contribution is 5.94. The van der Waals surface area contributed by atoms with E-state index < -0.39 is 0 Å². The van der Waals surface area contributed by atoms with Crippen molar-refractivity contribution in [3.63, 3.8) is 0 Å². The van der Waals surface area contributed by atoms with Crippen LogP contribution in [-0.4, -0.2) is 11.8 Å². The summed E-state index contributed by atoms with van der Waals surface area (Å²) in [6, 6.07) is 7.55. The lowest BCUT2D eigenvalue weighted by Gasteiger charge is -2.05. The molecule has 3 N–H and O–H groups in total. The summed E-state index contributed by atoms with van der Waals surface area (Å²) in [5, 5.41) is 2.90. The molecule has 2 unspecified atom stereocenters. The highest BCUT2D eigenvalue weighted by Crippen LogP contribution is 2.38. The molecular formula is C14H18N2O2. The third kappa shape index (κ3) is 3.32. The van der Waals surface area contributed by atoms with Crippen LogP contribution in [0.5, 0.6) is 0 Å². The molecule has 18 heavy (non-hydrogen) atoms. The van der Waals surface area contributed by atoms with Gasteiger partial charge in [0, 0.05) is 18.0 Å². The summed E-state index contributed by atoms with van der Waals surface area (Å²) in [6.07, 6.45) is 1.98. The summed E-state index contributed by atoms with van der Waals surface area (Å²) in [5.41, 5.74) is 6.95. The second kappa shape index (κ2) is 5.21. The molecule has 0 aromatic heterocycles. The Labute approximate surface area is 107 Å². The lowest BCUT2D eigenvalue weighted by molar-refractivity contribution is -0.118. The minimum Gasteiger partial charge on any atom is -0.370 e. The molecule has 1 aliphatic rings. The van der Waals surface area contributed by atoms with Gasteiger partial charge in [-0.1, -0.05) is 19.1 Å². The zero-order valence-corrected chi connectivity index (χ0v) is 10.5. The van der Waals surface area contributed by atoms with Gasteiger partial charge in [-0.15, -0.1) is 0 Å². The Kier molecular flexibility index (Phi) is 3.65. The average molecular weight is 246 g/mol. The Morgan fingerprint density at radius 3 is 2.44 bits per heavy atom. The van der Waals surface area contributed by atoms with E-state index in [0.717, 1.165) is 17.7 Å². The number of aryl methyl sites for hydroxylation is 1. The monoisotopic (exact) mass is 246 g/mol. The minimum absolute atomic E-state index is 0.104. The highest BCUT2D eigenvalue weighted by atomic mass is 16.2. The molecule has 1 fully saturated rings. The first-order chi connectivity index (χ1) is 8.56. The lowest BCUT2D eigenvalue weighted by atomic mass is 10.1. The zero-order chi connectivity index (χ0) is 13.1. The molecule has 0 bridgehead atoms. The molecule has 2 atom stereocenters. The number of nitrogens with two attached hydrogens (primary N) is 1. The molecule has 2 rings (SSSR count). The second-order valence-corrected chi connectivity index (χ2v) is 4.97. The van der Waals surface area contributed by atoms with Crippen molar-refractivity contribution in [2.45, 2.75) is 26.2 Å². The van der Waals surface area contributed by atoms with E-state index in [-0.39, 0.29) is 17.7 Å². The van der Waals surface area contributed by atoms with Gasteiger partial charge in [0.2, 0.25) is 11.8 Å². The minimum atomic E-state index is -0.296. The molecule has 1 aromatic rings. The van der Waals surface area contributed by atoms with Gasteiger partial charge in [0.1, 0.15) is 0 Å². The van der Waals surface area contributed by atoms with E-state index in [1.54, 1.807) is 0 Å². The van der Waals surface area contributed by atoms with Crippen LogP contribution in [0.2, 0.25) is 0 Å². The maximum absolute atomic E-state index is 11.7. The van der Waals surface area contributed by atoms with Crippen LogP contribution in [0.1, 0.15) is 25.3 Å². The maximum atomic E-state index is 11.7. The predicted octanol–water partition coefficient (Wildman–Crippen LogP) is 1.70. The van der Waals surface area contributed by atoms with Gasteiger partial charge >= 0.3 is 0 Å². The van der Waals surface area contributed by atoms with E-state index in [9.17, 15) is 9.59 Å². The molecule has 1 saturated carbocycles. The largest absolute Gasteiger partial charge is 0.370 e. The fourth-order valence-corrected chi connectivity index (χ4v) is 1.94. The van der Waals surface area contributed by atoms with Gasteiger partial charge in [-0.2, -0.15) is 0 Å². The summed E-state index contributed by atoms with van der Waals surface area (Å²) in [4.78, 5) is 22.4. The Morgan fingerprint density at radius 1 is 1.33 bits per heavy atom. The van der Waals surface area contributed by atoms with E-state index in [2.05, 4.69) is 12.2 Å². The number of carbonyl (C=O) groups excluding carboxylic acids is 2. The predicted molar refractivity (Wildman–Crippen MR) is 69.9 cm³/mol. The Balaban J connectivity index is 1.87. The average Bonchev–Trinajstić information content (AvgIpc) is 3.05. The number of carbonyl (C=O) groups is 2. The second-order valence-electron chi connectivity index (χ2n) is 4.97. The molecule has 0 saturated heterocycles. The topological polar surface area (TPSA) is 72.2 Å². The number of anilines is 1. The Morgan fingerprint density at radius 2 is 1.94 bits per heavy atom. The normalized spacial score (nSPS) is 21.4. The van der Waals surface area contributed by atoms with Crippen molar-refractivity contribution in [2.75, 3.05) is 5.32 Å². The third-order valence-corrected chi connectivity index (χ3v) is 3.33. The van der Waals surface area contributed by atoms with Crippen LogP contribution in [0.4, 0.5) is 5.69 Å². The molecule has 0 heterocycles. The van der Waals surface area contributed by atoms with Gasteiger partial charge in [0.05, 0.1) is 0 Å². The Hall–Kier alpha value is -1.84. The molecule has 0 spiro atoms. The molecular weight excluding hydrogens is 228 g/mol. The number of amides is 2. The fraction of sp³-hybridized carbons (Fsp3) is 0.429. The summed E-state index contributed by atoms with van der Waals surface area (Å²) in [7, 11) is 0. The van der Waals surface area contributed by atoms with Gasteiger partial charge in [-0.25, -0.2) is 0 Å². The third-order valence-electron chi connectivity index (χ3n) is 3.33. The molecule has 2 amide bonds. The lowest BCUT2D eigenvalue weighted by Crippen LogP contribution is -2.14. The zero-order valence-electron chi connectivity index (χ0n) is 10.5. The quantitative estimate of drug-likeness (QED) is 0.830. The molecule has 1 aromatic carbocycles. The van der Waals surface area contributed by atoms with E-state index in [1.807, 2.05) is 24.3 Å². The van der Waals surface area contributed by atoms with Gasteiger partial charge in [-0.05, 0) is 36.5 Å². The summed E-state index contributed by atoms with van der Waals surface area (Å²) >= 11 is 0. The summed E-state index contributed by atoms with van der Waals surface area (Å²) in [6.45, 7) is 2.08. The van der Waals surface area contributed by atoms with Crippen molar-refractivity contribution < 1.29 is 9.59 Å². The van der Waals surface area contributed by atoms with Gasteiger partial charge in [0.25, 0.3) is 0 Å². The molecule has 4 nitrogen and oxygen atoms in total. The van der Waals surface area contributed by atoms with Crippen molar-refractivity contribution in [1.82, 2.24) is 0 Å². The van der Waals surface area contributed by atoms with E-state index in [4.69, 9.17) is 5.73 Å². The van der Waals surface area contributed by atoms with Crippen LogP contribution in [0.25, 0.3) is 0 Å². The van der Waals surface area contributed by atoms with Crippen LogP contribution in [0.3, 0.4) is 0 Å². The number of hydrogen-bond acceptors (Lipinski definition) is 2. The van der Waals surface area contributed by atoms with Crippen LogP contribution in [0, 0.1) is 11.8 Å². The molecule has 96 valence electrons. The van der Waals surface area contributed by atoms with Crippen LogP contribution in [-0.2, 0) is 16.0 Å². The van der Waals surface area contributed by atoms with Gasteiger partial charge < -0.3 is 11.1 Å². The first-order valence-corrected chi connectivity index (χ1v) is 6.24. The van der Waals surface area contributed by atoms with E-state index in [1.165, 1.54) is 0 Å². The van der Waals surface area contributed by atoms with E-state index >= 15 is 0 Å². The van der Waals surface area contributed by atoms with Crippen LogP contribution < -0.4 is 11.1 Å². The number of benzene rings is 1. The summed E-state index contributed by atoms with van der Waals surface area (Å²) < 4.78 is 0. The number of hydrogen-bond donors (Lipinski definition) is 2. The van der Waals surface area contributed by atoms with E-state index in [0.29, 0.717) is 18.8 Å². The van der Waals surface area contributed by atoms with Gasteiger partial charge in [-0.3, -0.25) is 9.59 Å². The first-order valence-electron chi connectivity index (χ1n) is 6.24. The first kappa shape index (κ1) is 12.6. The Bertz CT molecular complexity index is 453. The van der Waals surface area contributed by atoms with Gasteiger partial charge in [0.15, 0.2) is 0 Å². The molecule has 0 aliphatic heterocycles. The standard InChI is InChI=1S/C14H18N2O2/c1-9-8-12(9)14(18)16-11-5-2-10(3-6-11)4-7-13(15)17/h2-3,5-6,9,12H,4,7-8H2,1H3,(H2,15,17)(H,16,18). The SMILES string of the molecule is CC1CC1C(=O)Nc1ccc(CCC(N)=O)cc1. The van der Waals surface area contributed by atoms with Crippen molar-refractivity contribution >= 4 is 17.5 Å². The molecule has 4 heteroatoms. The van der Waals surface area contributed by atoms with Crippen LogP contribution >= 0.6 is 0 Å². The number of rotatable bonds is 5. The van der Waals surface area contributed by atoms with Crippen molar-refractivity contribution in [3.8, 4) is 0 Å². The fourth-order valence-electron chi connectivity index (χ4n) is 1.94. The number of nitrogens with one attached hydrogen (secondary N) is 1. The van der Waals surface area contributed by atoms with Crippen molar-refractivity contribution in [3.05, 3.63) is 29.8 Å². The smallest absolute Gasteiger partial charge is 0.227 e. The van der Waals surface area contributed by atoms with Crippen molar-refractivity contribution in [2.24, 2.45) is 17.6 Å².